The number of carbonyl (C=O) groups is 1. The number of aromatic nitrogens is 1. The fourth-order valence-electron chi connectivity index (χ4n) is 2.16. The van der Waals surface area contributed by atoms with Crippen LogP contribution in [-0.4, -0.2) is 15.6 Å². The van der Waals surface area contributed by atoms with E-state index in [1.807, 2.05) is 30.5 Å². The highest BCUT2D eigenvalue weighted by molar-refractivity contribution is 5.89. The maximum atomic E-state index is 11.1. The Morgan fingerprint density at radius 1 is 1.24 bits per heavy atom. The van der Waals surface area contributed by atoms with E-state index in [2.05, 4.69) is 18.4 Å². The van der Waals surface area contributed by atoms with Crippen LogP contribution in [0.25, 0.3) is 10.9 Å². The molecule has 0 aliphatic carbocycles. The second-order valence-electron chi connectivity index (χ2n) is 4.66. The van der Waals surface area contributed by atoms with Crippen molar-refractivity contribution < 1.29 is 9.90 Å². The standard InChI is InChI=1S/C14H17NO2/c1-9(2)15-8-7-11-5-4-6-12(13(11)15)10(3)14(16)17/h4-10H,1-3H3,(H,16,17). The van der Waals surface area contributed by atoms with Crippen molar-refractivity contribution in [2.45, 2.75) is 32.7 Å². The highest BCUT2D eigenvalue weighted by atomic mass is 16.4. The lowest BCUT2D eigenvalue weighted by molar-refractivity contribution is -0.138. The van der Waals surface area contributed by atoms with Gasteiger partial charge in [-0.1, -0.05) is 18.2 Å². The Labute approximate surface area is 101 Å². The van der Waals surface area contributed by atoms with Crippen LogP contribution >= 0.6 is 0 Å². The molecule has 0 bridgehead atoms. The van der Waals surface area contributed by atoms with E-state index in [1.165, 1.54) is 0 Å². The van der Waals surface area contributed by atoms with Gasteiger partial charge in [0, 0.05) is 12.2 Å². The summed E-state index contributed by atoms with van der Waals surface area (Å²) in [6, 6.07) is 8.20. The topological polar surface area (TPSA) is 42.2 Å². The first-order valence-electron chi connectivity index (χ1n) is 5.84. The number of carboxylic acids is 1. The lowest BCUT2D eigenvalue weighted by Crippen LogP contribution is -2.10. The summed E-state index contributed by atoms with van der Waals surface area (Å²) in [5.74, 6) is -1.26. The SMILES string of the molecule is CC(C(=O)O)c1cccc2ccn(C(C)C)c12. The predicted molar refractivity (Wildman–Crippen MR) is 68.4 cm³/mol. The van der Waals surface area contributed by atoms with Gasteiger partial charge in [0.25, 0.3) is 0 Å². The molecule has 0 amide bonds. The van der Waals surface area contributed by atoms with Crippen LogP contribution in [0.4, 0.5) is 0 Å². The number of benzene rings is 1. The van der Waals surface area contributed by atoms with Crippen molar-refractivity contribution in [1.82, 2.24) is 4.57 Å². The van der Waals surface area contributed by atoms with Crippen LogP contribution in [0.3, 0.4) is 0 Å². The molecule has 1 unspecified atom stereocenters. The second-order valence-corrected chi connectivity index (χ2v) is 4.66. The molecule has 1 heterocycles. The number of para-hydroxylation sites is 1. The minimum Gasteiger partial charge on any atom is -0.481 e. The summed E-state index contributed by atoms with van der Waals surface area (Å²) in [5.41, 5.74) is 1.92. The first-order valence-corrected chi connectivity index (χ1v) is 5.84. The van der Waals surface area contributed by atoms with Gasteiger partial charge in [-0.3, -0.25) is 4.79 Å². The highest BCUT2D eigenvalue weighted by Crippen LogP contribution is 2.28. The van der Waals surface area contributed by atoms with Gasteiger partial charge in [-0.25, -0.2) is 0 Å². The molecule has 0 fully saturated rings. The molecular weight excluding hydrogens is 214 g/mol. The second kappa shape index (κ2) is 4.24. The highest BCUT2D eigenvalue weighted by Gasteiger charge is 2.18. The van der Waals surface area contributed by atoms with Crippen molar-refractivity contribution in [3.8, 4) is 0 Å². The predicted octanol–water partition coefficient (Wildman–Crippen LogP) is 3.41. The van der Waals surface area contributed by atoms with Gasteiger partial charge in [-0.2, -0.15) is 0 Å². The zero-order chi connectivity index (χ0) is 12.6. The summed E-state index contributed by atoms with van der Waals surface area (Å²) < 4.78 is 2.13. The van der Waals surface area contributed by atoms with Gasteiger partial charge in [0.1, 0.15) is 0 Å². The molecule has 3 nitrogen and oxygen atoms in total. The first kappa shape index (κ1) is 11.7. The van der Waals surface area contributed by atoms with Crippen LogP contribution in [0, 0.1) is 0 Å². The van der Waals surface area contributed by atoms with E-state index in [0.29, 0.717) is 6.04 Å². The van der Waals surface area contributed by atoms with E-state index in [0.717, 1.165) is 16.5 Å². The number of hydrogen-bond donors (Lipinski definition) is 1. The van der Waals surface area contributed by atoms with Gasteiger partial charge < -0.3 is 9.67 Å². The van der Waals surface area contributed by atoms with Crippen molar-refractivity contribution >= 4 is 16.9 Å². The van der Waals surface area contributed by atoms with Gasteiger partial charge in [-0.15, -0.1) is 0 Å². The molecule has 3 heteroatoms. The summed E-state index contributed by atoms with van der Waals surface area (Å²) in [4.78, 5) is 11.1. The molecule has 1 N–H and O–H groups in total. The van der Waals surface area contributed by atoms with E-state index >= 15 is 0 Å². The number of hydrogen-bond acceptors (Lipinski definition) is 1. The molecule has 0 aliphatic heterocycles. The summed E-state index contributed by atoms with van der Waals surface area (Å²) in [6.07, 6.45) is 2.02. The van der Waals surface area contributed by atoms with Gasteiger partial charge in [0.15, 0.2) is 0 Å². The fourth-order valence-corrected chi connectivity index (χ4v) is 2.16. The zero-order valence-corrected chi connectivity index (χ0v) is 10.3. The summed E-state index contributed by atoms with van der Waals surface area (Å²) in [7, 11) is 0. The van der Waals surface area contributed by atoms with E-state index < -0.39 is 11.9 Å². The van der Waals surface area contributed by atoms with Crippen LogP contribution in [0.15, 0.2) is 30.5 Å². The molecular formula is C14H17NO2. The van der Waals surface area contributed by atoms with Crippen molar-refractivity contribution in [2.24, 2.45) is 0 Å². The minimum atomic E-state index is -0.783. The first-order chi connectivity index (χ1) is 8.02. The molecule has 1 atom stereocenters. The Bertz CT molecular complexity index is 554. The van der Waals surface area contributed by atoms with E-state index in [1.54, 1.807) is 6.92 Å². The maximum Gasteiger partial charge on any atom is 0.310 e. The molecule has 1 aromatic heterocycles. The van der Waals surface area contributed by atoms with Crippen molar-refractivity contribution in [3.63, 3.8) is 0 Å². The average Bonchev–Trinajstić information content (AvgIpc) is 2.71. The van der Waals surface area contributed by atoms with E-state index in [-0.39, 0.29) is 0 Å². The Balaban J connectivity index is 2.70. The van der Waals surface area contributed by atoms with Gasteiger partial charge >= 0.3 is 5.97 Å². The Hall–Kier alpha value is -1.77. The van der Waals surface area contributed by atoms with Crippen LogP contribution in [0.2, 0.25) is 0 Å². The van der Waals surface area contributed by atoms with Gasteiger partial charge in [-0.05, 0) is 37.8 Å². The largest absolute Gasteiger partial charge is 0.481 e. The van der Waals surface area contributed by atoms with Gasteiger partial charge in [0.05, 0.1) is 11.4 Å². The third-order valence-corrected chi connectivity index (χ3v) is 3.16. The van der Waals surface area contributed by atoms with Gasteiger partial charge in [0.2, 0.25) is 0 Å². The van der Waals surface area contributed by atoms with Crippen molar-refractivity contribution in [1.29, 1.82) is 0 Å². The van der Waals surface area contributed by atoms with Crippen LogP contribution in [0.1, 0.15) is 38.3 Å². The Morgan fingerprint density at radius 3 is 2.53 bits per heavy atom. The maximum absolute atomic E-state index is 11.1. The van der Waals surface area contributed by atoms with Crippen molar-refractivity contribution in [2.75, 3.05) is 0 Å². The van der Waals surface area contributed by atoms with Crippen LogP contribution < -0.4 is 0 Å². The molecule has 90 valence electrons. The lowest BCUT2D eigenvalue weighted by Gasteiger charge is -2.15. The fraction of sp³-hybridized carbons (Fsp3) is 0.357. The summed E-state index contributed by atoms with van der Waals surface area (Å²) in [5, 5.41) is 10.3. The summed E-state index contributed by atoms with van der Waals surface area (Å²) >= 11 is 0. The molecule has 17 heavy (non-hydrogen) atoms. The Morgan fingerprint density at radius 2 is 1.94 bits per heavy atom. The number of nitrogens with zero attached hydrogens (tertiary/aromatic N) is 1. The molecule has 0 radical (unpaired) electrons. The molecule has 0 saturated carbocycles. The molecule has 2 aromatic rings. The molecule has 1 aromatic carbocycles. The number of carboxylic acid groups (broad SMARTS) is 1. The minimum absolute atomic E-state index is 0.328. The molecule has 0 aliphatic rings. The molecule has 2 rings (SSSR count). The van der Waals surface area contributed by atoms with E-state index in [4.69, 9.17) is 5.11 Å². The smallest absolute Gasteiger partial charge is 0.310 e. The number of fused-ring (bicyclic) bond motifs is 1. The third kappa shape index (κ3) is 1.93. The third-order valence-electron chi connectivity index (χ3n) is 3.16. The monoisotopic (exact) mass is 231 g/mol. The summed E-state index contributed by atoms with van der Waals surface area (Å²) in [6.45, 7) is 5.93. The molecule has 0 saturated heterocycles. The van der Waals surface area contributed by atoms with Crippen LogP contribution in [-0.2, 0) is 4.79 Å². The average molecular weight is 231 g/mol. The molecule has 0 spiro atoms. The van der Waals surface area contributed by atoms with Crippen molar-refractivity contribution in [3.05, 3.63) is 36.0 Å². The van der Waals surface area contributed by atoms with E-state index in [9.17, 15) is 4.79 Å². The van der Waals surface area contributed by atoms with Crippen LogP contribution in [0.5, 0.6) is 0 Å². The zero-order valence-electron chi connectivity index (χ0n) is 10.3. The quantitative estimate of drug-likeness (QED) is 0.879. The number of rotatable bonds is 3. The number of aliphatic carboxylic acids is 1. The normalized spacial score (nSPS) is 13.2. The Kier molecular flexibility index (Phi) is 2.92. The lowest BCUT2D eigenvalue weighted by atomic mass is 9.99.